The molecule has 0 radical (unpaired) electrons. The number of carbonyl (C=O) groups is 2. The van der Waals surface area contributed by atoms with Crippen LogP contribution in [-0.4, -0.2) is 45.2 Å². The van der Waals surface area contributed by atoms with Crippen molar-refractivity contribution >= 4 is 17.5 Å². The van der Waals surface area contributed by atoms with E-state index in [-0.39, 0.29) is 30.2 Å². The number of hydrogen-bond acceptors (Lipinski definition) is 7. The van der Waals surface area contributed by atoms with Crippen molar-refractivity contribution in [2.75, 3.05) is 12.0 Å². The number of amides is 2. The second-order valence-electron chi connectivity index (χ2n) is 9.77. The van der Waals surface area contributed by atoms with Crippen molar-refractivity contribution in [3.63, 3.8) is 0 Å². The Balaban J connectivity index is 1.52. The molecule has 1 saturated carbocycles. The smallest absolute Gasteiger partial charge is 0.251 e. The number of aryl methyl sites for hydroxylation is 2. The molecule has 1 aliphatic carbocycles. The van der Waals surface area contributed by atoms with Crippen LogP contribution in [0.1, 0.15) is 48.6 Å². The number of para-hydroxylation sites is 1. The zero-order chi connectivity index (χ0) is 27.4. The van der Waals surface area contributed by atoms with Crippen molar-refractivity contribution in [3.8, 4) is 17.3 Å². The van der Waals surface area contributed by atoms with Crippen LogP contribution in [0.2, 0.25) is 0 Å². The zero-order valence-electron chi connectivity index (χ0n) is 22.3. The standard InChI is InChI=1S/C29H32N6O4/c1-19-8-4-7-11-24(19)35(26(36)18-34-32-28(31-33-34)25-17-12-20(2)39-25)27(21-13-15-23(38-3)16-14-21)29(37)30-22-9-5-6-10-22/h4,7-8,11-17,22,27H,5-6,9-10,18H2,1-3H3,(H,30,37)/t27-/m0/s1. The molecule has 1 fully saturated rings. The molecule has 2 aromatic carbocycles. The van der Waals surface area contributed by atoms with Crippen molar-refractivity contribution in [2.45, 2.75) is 58.2 Å². The predicted molar refractivity (Wildman–Crippen MR) is 145 cm³/mol. The van der Waals surface area contributed by atoms with Crippen LogP contribution in [0.25, 0.3) is 11.6 Å². The number of tetrazole rings is 1. The molecule has 2 heterocycles. The highest BCUT2D eigenvalue weighted by Crippen LogP contribution is 2.32. The molecule has 0 spiro atoms. The lowest BCUT2D eigenvalue weighted by atomic mass is 10.0. The van der Waals surface area contributed by atoms with Gasteiger partial charge >= 0.3 is 0 Å². The number of nitrogens with zero attached hydrogens (tertiary/aromatic N) is 5. The number of anilines is 1. The number of nitrogens with one attached hydrogen (secondary N) is 1. The summed E-state index contributed by atoms with van der Waals surface area (Å²) >= 11 is 0. The van der Waals surface area contributed by atoms with Crippen molar-refractivity contribution in [2.24, 2.45) is 0 Å². The first-order chi connectivity index (χ1) is 18.9. The molecule has 1 N–H and O–H groups in total. The summed E-state index contributed by atoms with van der Waals surface area (Å²) in [5, 5.41) is 15.7. The van der Waals surface area contributed by atoms with Gasteiger partial charge in [0.15, 0.2) is 5.76 Å². The zero-order valence-corrected chi connectivity index (χ0v) is 22.3. The molecule has 2 aromatic heterocycles. The lowest BCUT2D eigenvalue weighted by Crippen LogP contribution is -2.47. The van der Waals surface area contributed by atoms with Crippen LogP contribution in [0.4, 0.5) is 5.69 Å². The Bertz CT molecular complexity index is 1440. The van der Waals surface area contributed by atoms with Gasteiger partial charge in [0.1, 0.15) is 24.1 Å². The minimum Gasteiger partial charge on any atom is -0.497 e. The normalized spacial score (nSPS) is 14.2. The third kappa shape index (κ3) is 5.84. The molecule has 0 saturated heterocycles. The summed E-state index contributed by atoms with van der Waals surface area (Å²) in [4.78, 5) is 30.8. The van der Waals surface area contributed by atoms with Gasteiger partial charge in [0, 0.05) is 11.7 Å². The van der Waals surface area contributed by atoms with Crippen LogP contribution in [0.3, 0.4) is 0 Å². The van der Waals surface area contributed by atoms with Gasteiger partial charge in [-0.05, 0) is 73.4 Å². The lowest BCUT2D eigenvalue weighted by molar-refractivity contribution is -0.127. The maximum absolute atomic E-state index is 14.1. The van der Waals surface area contributed by atoms with Gasteiger partial charge in [-0.1, -0.05) is 43.2 Å². The van der Waals surface area contributed by atoms with Crippen LogP contribution >= 0.6 is 0 Å². The summed E-state index contributed by atoms with van der Waals surface area (Å²) in [5.74, 6) is 1.54. The number of aromatic nitrogens is 4. The number of carbonyl (C=O) groups excluding carboxylic acids is 2. The second-order valence-corrected chi connectivity index (χ2v) is 9.77. The molecule has 10 heteroatoms. The largest absolute Gasteiger partial charge is 0.497 e. The van der Waals surface area contributed by atoms with Gasteiger partial charge in [0.2, 0.25) is 11.7 Å². The van der Waals surface area contributed by atoms with Gasteiger partial charge in [-0.2, -0.15) is 4.80 Å². The van der Waals surface area contributed by atoms with Crippen LogP contribution in [-0.2, 0) is 16.1 Å². The van der Waals surface area contributed by atoms with E-state index in [2.05, 4.69) is 20.7 Å². The van der Waals surface area contributed by atoms with Crippen molar-refractivity contribution < 1.29 is 18.7 Å². The molecule has 0 bridgehead atoms. The Morgan fingerprint density at radius 2 is 1.82 bits per heavy atom. The van der Waals surface area contributed by atoms with Crippen LogP contribution in [0, 0.1) is 13.8 Å². The lowest BCUT2D eigenvalue weighted by Gasteiger charge is -2.33. The highest BCUT2D eigenvalue weighted by molar-refractivity contribution is 6.01. The highest BCUT2D eigenvalue weighted by atomic mass is 16.5. The number of rotatable bonds is 9. The summed E-state index contributed by atoms with van der Waals surface area (Å²) in [6.07, 6.45) is 4.01. The van der Waals surface area contributed by atoms with E-state index < -0.39 is 6.04 Å². The van der Waals surface area contributed by atoms with E-state index in [0.717, 1.165) is 37.0 Å². The van der Waals surface area contributed by atoms with Crippen molar-refractivity contribution in [3.05, 3.63) is 77.6 Å². The number of methoxy groups -OCH3 is 1. The summed E-state index contributed by atoms with van der Waals surface area (Å²) in [5.41, 5.74) is 2.16. The van der Waals surface area contributed by atoms with E-state index >= 15 is 0 Å². The Labute approximate surface area is 227 Å². The maximum Gasteiger partial charge on any atom is 0.251 e. The van der Waals surface area contributed by atoms with Crippen LogP contribution in [0.15, 0.2) is 65.1 Å². The molecular weight excluding hydrogens is 496 g/mol. The molecule has 0 aliphatic heterocycles. The van der Waals surface area contributed by atoms with Gasteiger partial charge in [-0.15, -0.1) is 10.2 Å². The summed E-state index contributed by atoms with van der Waals surface area (Å²) in [6.45, 7) is 3.53. The molecule has 10 nitrogen and oxygen atoms in total. The van der Waals surface area contributed by atoms with Gasteiger partial charge in [0.25, 0.3) is 5.91 Å². The van der Waals surface area contributed by atoms with E-state index in [0.29, 0.717) is 22.8 Å². The van der Waals surface area contributed by atoms with E-state index in [1.807, 2.05) is 56.3 Å². The molecule has 39 heavy (non-hydrogen) atoms. The average molecular weight is 529 g/mol. The maximum atomic E-state index is 14.1. The first kappa shape index (κ1) is 26.1. The fourth-order valence-corrected chi connectivity index (χ4v) is 4.97. The van der Waals surface area contributed by atoms with Crippen LogP contribution < -0.4 is 15.0 Å². The predicted octanol–water partition coefficient (Wildman–Crippen LogP) is 4.39. The number of furan rings is 1. The average Bonchev–Trinajstić information content (AvgIpc) is 3.71. The Kier molecular flexibility index (Phi) is 7.72. The number of ether oxygens (including phenoxy) is 1. The summed E-state index contributed by atoms with van der Waals surface area (Å²) < 4.78 is 10.9. The van der Waals surface area contributed by atoms with E-state index in [4.69, 9.17) is 9.15 Å². The Morgan fingerprint density at radius 1 is 1.08 bits per heavy atom. The topological polar surface area (TPSA) is 115 Å². The molecule has 1 aliphatic rings. The van der Waals surface area contributed by atoms with E-state index in [1.165, 1.54) is 4.80 Å². The SMILES string of the molecule is COc1ccc([C@@H](C(=O)NC2CCCC2)N(C(=O)Cn2nnc(-c3ccc(C)o3)n2)c2ccccc2C)cc1. The van der Waals surface area contributed by atoms with Gasteiger partial charge in [0.05, 0.1) is 7.11 Å². The van der Waals surface area contributed by atoms with Gasteiger partial charge < -0.3 is 14.5 Å². The molecule has 5 rings (SSSR count). The van der Waals surface area contributed by atoms with Crippen molar-refractivity contribution in [1.29, 1.82) is 0 Å². The van der Waals surface area contributed by atoms with E-state index in [1.54, 1.807) is 30.2 Å². The number of benzene rings is 2. The molecule has 0 unspecified atom stereocenters. The van der Waals surface area contributed by atoms with Crippen LogP contribution in [0.5, 0.6) is 5.75 Å². The molecule has 1 atom stereocenters. The van der Waals surface area contributed by atoms with E-state index in [9.17, 15) is 9.59 Å². The van der Waals surface area contributed by atoms with Gasteiger partial charge in [-0.3, -0.25) is 14.5 Å². The third-order valence-electron chi connectivity index (χ3n) is 6.97. The first-order valence-corrected chi connectivity index (χ1v) is 13.1. The summed E-state index contributed by atoms with van der Waals surface area (Å²) in [7, 11) is 1.59. The molecule has 2 amide bonds. The third-order valence-corrected chi connectivity index (χ3v) is 6.97. The molecule has 202 valence electrons. The van der Waals surface area contributed by atoms with Crippen molar-refractivity contribution in [1.82, 2.24) is 25.5 Å². The Hall–Kier alpha value is -4.47. The monoisotopic (exact) mass is 528 g/mol. The fourth-order valence-electron chi connectivity index (χ4n) is 4.97. The quantitative estimate of drug-likeness (QED) is 0.343. The number of hydrogen-bond donors (Lipinski definition) is 1. The fraction of sp³-hybridized carbons (Fsp3) is 0.345. The molecular formula is C29H32N6O4. The minimum absolute atomic E-state index is 0.0864. The summed E-state index contributed by atoms with van der Waals surface area (Å²) in [6, 6.07) is 17.5. The highest BCUT2D eigenvalue weighted by Gasteiger charge is 2.35. The minimum atomic E-state index is -0.916. The van der Waals surface area contributed by atoms with Gasteiger partial charge in [-0.25, -0.2) is 0 Å². The molecule has 4 aromatic rings. The second kappa shape index (κ2) is 11.5. The Morgan fingerprint density at radius 3 is 2.49 bits per heavy atom. The first-order valence-electron chi connectivity index (χ1n) is 13.1.